The third-order valence-electron chi connectivity index (χ3n) is 1.31. The van der Waals surface area contributed by atoms with Gasteiger partial charge in [0.15, 0.2) is 0 Å². The third kappa shape index (κ3) is 3.02. The van der Waals surface area contributed by atoms with Crippen molar-refractivity contribution in [2.45, 2.75) is 6.42 Å². The molecule has 0 saturated heterocycles. The Morgan fingerprint density at radius 3 is 3.08 bits per heavy atom. The monoisotopic (exact) mass is 180 g/mol. The van der Waals surface area contributed by atoms with Gasteiger partial charge in [-0.05, 0) is 12.1 Å². The molecule has 0 aliphatic rings. The Bertz CT molecular complexity index is 325. The summed E-state index contributed by atoms with van der Waals surface area (Å²) in [5.74, 6) is -0.656. The van der Waals surface area contributed by atoms with Gasteiger partial charge >= 0.3 is 0 Å². The highest BCUT2D eigenvalue weighted by molar-refractivity contribution is 5.90. The van der Waals surface area contributed by atoms with E-state index in [1.807, 2.05) is 0 Å². The highest BCUT2D eigenvalue weighted by Crippen LogP contribution is 2.03. The van der Waals surface area contributed by atoms with Crippen LogP contribution in [-0.4, -0.2) is 10.9 Å². The van der Waals surface area contributed by atoms with E-state index in [0.717, 1.165) is 0 Å². The van der Waals surface area contributed by atoms with Crippen molar-refractivity contribution in [1.82, 2.24) is 4.98 Å². The molecule has 4 heteroatoms. The minimum absolute atomic E-state index is 0.193. The minimum atomic E-state index is -0.614. The van der Waals surface area contributed by atoms with E-state index in [2.05, 4.69) is 16.9 Å². The van der Waals surface area contributed by atoms with Crippen molar-refractivity contribution in [2.75, 3.05) is 5.32 Å². The number of rotatable bonds is 3. The number of hydrogen-bond donors (Lipinski definition) is 1. The number of carbonyl (C=O) groups excluding carboxylic acids is 1. The standard InChI is InChI=1S/C9H9FN2O/c1-2-4-9(13)12-8-6-3-5-7(10)11-8/h2-3,5-6H,1,4H2,(H,11,12,13). The van der Waals surface area contributed by atoms with Gasteiger partial charge in [-0.15, -0.1) is 6.58 Å². The number of nitrogens with zero attached hydrogens (tertiary/aromatic N) is 1. The first-order valence-electron chi connectivity index (χ1n) is 3.75. The van der Waals surface area contributed by atoms with Gasteiger partial charge in [0, 0.05) is 6.42 Å². The minimum Gasteiger partial charge on any atom is -0.310 e. The molecule has 0 unspecified atom stereocenters. The van der Waals surface area contributed by atoms with Crippen molar-refractivity contribution in [3.63, 3.8) is 0 Å². The first kappa shape index (κ1) is 9.38. The first-order valence-corrected chi connectivity index (χ1v) is 3.75. The lowest BCUT2D eigenvalue weighted by molar-refractivity contribution is -0.115. The predicted octanol–water partition coefficient (Wildman–Crippen LogP) is 1.74. The molecular weight excluding hydrogens is 171 g/mol. The number of aromatic nitrogens is 1. The Balaban J connectivity index is 2.63. The molecule has 0 saturated carbocycles. The smallest absolute Gasteiger partial charge is 0.229 e. The van der Waals surface area contributed by atoms with Crippen molar-refractivity contribution in [2.24, 2.45) is 0 Å². The maximum Gasteiger partial charge on any atom is 0.229 e. The van der Waals surface area contributed by atoms with Gasteiger partial charge in [-0.2, -0.15) is 4.39 Å². The summed E-state index contributed by atoms with van der Waals surface area (Å²) in [7, 11) is 0. The maximum atomic E-state index is 12.5. The summed E-state index contributed by atoms with van der Waals surface area (Å²) in [4.78, 5) is 14.4. The Morgan fingerprint density at radius 2 is 2.46 bits per heavy atom. The molecule has 3 nitrogen and oxygen atoms in total. The van der Waals surface area contributed by atoms with Crippen LogP contribution >= 0.6 is 0 Å². The molecule has 13 heavy (non-hydrogen) atoms. The second-order valence-electron chi connectivity index (χ2n) is 2.39. The fourth-order valence-corrected chi connectivity index (χ4v) is 0.803. The largest absolute Gasteiger partial charge is 0.310 e. The fourth-order valence-electron chi connectivity index (χ4n) is 0.803. The van der Waals surface area contributed by atoms with Crippen LogP contribution < -0.4 is 5.32 Å². The summed E-state index contributed by atoms with van der Waals surface area (Å²) in [6.45, 7) is 3.40. The number of hydrogen-bond acceptors (Lipinski definition) is 2. The molecule has 0 aliphatic carbocycles. The van der Waals surface area contributed by atoms with E-state index in [1.54, 1.807) is 0 Å². The normalized spacial score (nSPS) is 9.31. The van der Waals surface area contributed by atoms with Crippen molar-refractivity contribution in [3.8, 4) is 0 Å². The average Bonchev–Trinajstić information content (AvgIpc) is 2.04. The lowest BCUT2D eigenvalue weighted by atomic mass is 10.4. The molecule has 0 aliphatic heterocycles. The second kappa shape index (κ2) is 4.35. The molecule has 1 heterocycles. The molecule has 1 rings (SSSR count). The van der Waals surface area contributed by atoms with Crippen LogP contribution in [0.25, 0.3) is 0 Å². The topological polar surface area (TPSA) is 42.0 Å². The molecule has 0 bridgehead atoms. The van der Waals surface area contributed by atoms with Crippen LogP contribution in [0.2, 0.25) is 0 Å². The van der Waals surface area contributed by atoms with Gasteiger partial charge in [0.05, 0.1) is 0 Å². The molecule has 0 atom stereocenters. The zero-order valence-corrected chi connectivity index (χ0v) is 6.96. The number of pyridine rings is 1. The summed E-state index contributed by atoms with van der Waals surface area (Å²) in [5, 5.41) is 2.42. The Morgan fingerprint density at radius 1 is 1.69 bits per heavy atom. The molecule has 1 aromatic heterocycles. The van der Waals surface area contributed by atoms with Crippen molar-refractivity contribution >= 4 is 11.7 Å². The lowest BCUT2D eigenvalue weighted by Crippen LogP contribution is -2.11. The highest BCUT2D eigenvalue weighted by Gasteiger charge is 2.00. The van der Waals surface area contributed by atoms with Crippen LogP contribution in [0, 0.1) is 5.95 Å². The predicted molar refractivity (Wildman–Crippen MR) is 47.6 cm³/mol. The molecule has 1 amide bonds. The third-order valence-corrected chi connectivity index (χ3v) is 1.31. The van der Waals surface area contributed by atoms with Gasteiger partial charge in [-0.25, -0.2) is 4.98 Å². The summed E-state index contributed by atoms with van der Waals surface area (Å²) < 4.78 is 12.5. The van der Waals surface area contributed by atoms with E-state index in [1.165, 1.54) is 24.3 Å². The lowest BCUT2D eigenvalue weighted by Gasteiger charge is -2.00. The van der Waals surface area contributed by atoms with E-state index in [0.29, 0.717) is 0 Å². The molecule has 0 aromatic carbocycles. The molecule has 1 aromatic rings. The zero-order chi connectivity index (χ0) is 9.68. The van der Waals surface area contributed by atoms with Gasteiger partial charge in [0.1, 0.15) is 5.82 Å². The SMILES string of the molecule is C=CCC(=O)Nc1cccc(F)n1. The Labute approximate surface area is 75.3 Å². The van der Waals surface area contributed by atoms with Crippen molar-refractivity contribution in [3.05, 3.63) is 36.8 Å². The van der Waals surface area contributed by atoms with E-state index in [-0.39, 0.29) is 18.1 Å². The Kier molecular flexibility index (Phi) is 3.14. The van der Waals surface area contributed by atoms with E-state index in [4.69, 9.17) is 0 Å². The quantitative estimate of drug-likeness (QED) is 0.568. The summed E-state index contributed by atoms with van der Waals surface area (Å²) in [6, 6.07) is 4.21. The van der Waals surface area contributed by atoms with Crippen LogP contribution in [0.3, 0.4) is 0 Å². The fraction of sp³-hybridized carbons (Fsp3) is 0.111. The van der Waals surface area contributed by atoms with Crippen molar-refractivity contribution in [1.29, 1.82) is 0 Å². The Hall–Kier alpha value is -1.71. The van der Waals surface area contributed by atoms with Gasteiger partial charge in [-0.1, -0.05) is 12.1 Å². The number of halogens is 1. The van der Waals surface area contributed by atoms with E-state index >= 15 is 0 Å². The molecule has 0 spiro atoms. The molecule has 0 radical (unpaired) electrons. The summed E-state index contributed by atoms with van der Waals surface area (Å²) in [6.07, 6.45) is 1.66. The second-order valence-corrected chi connectivity index (χ2v) is 2.39. The van der Waals surface area contributed by atoms with Crippen LogP contribution in [0.5, 0.6) is 0 Å². The van der Waals surface area contributed by atoms with Crippen LogP contribution in [0.4, 0.5) is 10.2 Å². The molecule has 0 fully saturated rings. The van der Waals surface area contributed by atoms with Gasteiger partial charge < -0.3 is 5.32 Å². The number of amides is 1. The van der Waals surface area contributed by atoms with Gasteiger partial charge in [-0.3, -0.25) is 4.79 Å². The van der Waals surface area contributed by atoms with Crippen LogP contribution in [-0.2, 0) is 4.79 Å². The molecule has 68 valence electrons. The first-order chi connectivity index (χ1) is 6.22. The van der Waals surface area contributed by atoms with Gasteiger partial charge in [0.2, 0.25) is 11.9 Å². The average molecular weight is 180 g/mol. The molecule has 1 N–H and O–H groups in total. The van der Waals surface area contributed by atoms with Crippen LogP contribution in [0.15, 0.2) is 30.9 Å². The highest BCUT2D eigenvalue weighted by atomic mass is 19.1. The molecular formula is C9H9FN2O. The number of carbonyl (C=O) groups is 1. The summed E-state index contributed by atoms with van der Waals surface area (Å²) >= 11 is 0. The number of anilines is 1. The van der Waals surface area contributed by atoms with Crippen LogP contribution in [0.1, 0.15) is 6.42 Å². The van der Waals surface area contributed by atoms with E-state index < -0.39 is 5.95 Å². The maximum absolute atomic E-state index is 12.5. The van der Waals surface area contributed by atoms with Gasteiger partial charge in [0.25, 0.3) is 0 Å². The summed E-state index contributed by atoms with van der Waals surface area (Å²) in [5.41, 5.74) is 0. The van der Waals surface area contributed by atoms with Crippen molar-refractivity contribution < 1.29 is 9.18 Å². The zero-order valence-electron chi connectivity index (χ0n) is 6.96. The number of nitrogens with one attached hydrogen (secondary N) is 1. The van der Waals surface area contributed by atoms with E-state index in [9.17, 15) is 9.18 Å².